The number of rotatable bonds is 8. The summed E-state index contributed by atoms with van der Waals surface area (Å²) in [6, 6.07) is 13.9. The highest BCUT2D eigenvalue weighted by Gasteiger charge is 2.26. The van der Waals surface area contributed by atoms with Crippen LogP contribution in [0.4, 0.5) is 5.69 Å². The van der Waals surface area contributed by atoms with Crippen molar-refractivity contribution in [3.05, 3.63) is 83.8 Å². The lowest BCUT2D eigenvalue weighted by Crippen LogP contribution is -2.30. The summed E-state index contributed by atoms with van der Waals surface area (Å²) in [5.74, 6) is 1.93. The zero-order valence-corrected chi connectivity index (χ0v) is 20.6. The number of carbonyl (C=O) groups excluding carboxylic acids is 1. The SMILES string of the molecule is COCCn1cc(-c2ccc3c(c2)N(Cc2ccc(OC)cc2)C(=O)CC(c2ncc(C)o2)=C3)cn1. The maximum Gasteiger partial charge on any atom is 0.231 e. The van der Waals surface area contributed by atoms with Gasteiger partial charge in [0.1, 0.15) is 11.5 Å². The fourth-order valence-electron chi connectivity index (χ4n) is 4.26. The molecule has 1 aliphatic rings. The van der Waals surface area contributed by atoms with Crippen LogP contribution >= 0.6 is 0 Å². The summed E-state index contributed by atoms with van der Waals surface area (Å²) >= 11 is 0. The molecular formula is C28H28N4O4. The first-order valence-corrected chi connectivity index (χ1v) is 11.8. The standard InChI is InChI=1S/C28H28N4O4/c1-19-15-29-28(36-19)23-12-22-7-6-21(24-16-30-31(18-24)10-11-34-2)13-26(22)32(27(33)14-23)17-20-4-8-25(35-3)9-5-20/h4-9,12-13,15-16,18H,10-11,14,17H2,1-3H3. The summed E-state index contributed by atoms with van der Waals surface area (Å²) in [4.78, 5) is 19.8. The molecule has 1 amide bonds. The highest BCUT2D eigenvalue weighted by atomic mass is 16.5. The van der Waals surface area contributed by atoms with E-state index in [9.17, 15) is 4.79 Å². The Morgan fingerprint density at radius 2 is 1.89 bits per heavy atom. The smallest absolute Gasteiger partial charge is 0.231 e. The number of nitrogens with zero attached hydrogens (tertiary/aromatic N) is 4. The Labute approximate surface area is 209 Å². The van der Waals surface area contributed by atoms with Gasteiger partial charge in [-0.15, -0.1) is 0 Å². The zero-order chi connectivity index (χ0) is 25.1. The molecule has 0 unspecified atom stereocenters. The van der Waals surface area contributed by atoms with E-state index in [1.807, 2.05) is 71.4 Å². The molecule has 2 aromatic heterocycles. The topological polar surface area (TPSA) is 82.6 Å². The number of hydrogen-bond donors (Lipinski definition) is 0. The van der Waals surface area contributed by atoms with Crippen LogP contribution in [-0.4, -0.2) is 41.5 Å². The Kier molecular flexibility index (Phi) is 6.69. The average Bonchev–Trinajstić information content (AvgIpc) is 3.52. The lowest BCUT2D eigenvalue weighted by Gasteiger charge is -2.24. The van der Waals surface area contributed by atoms with Crippen LogP contribution in [0.15, 0.2) is 65.5 Å². The molecule has 0 fully saturated rings. The van der Waals surface area contributed by atoms with E-state index < -0.39 is 0 Å². The minimum atomic E-state index is -0.0281. The molecule has 4 aromatic rings. The minimum Gasteiger partial charge on any atom is -0.497 e. The molecule has 184 valence electrons. The number of hydrogen-bond acceptors (Lipinski definition) is 6. The van der Waals surface area contributed by atoms with E-state index in [4.69, 9.17) is 13.9 Å². The molecule has 0 spiro atoms. The molecule has 0 radical (unpaired) electrons. The van der Waals surface area contributed by atoms with Gasteiger partial charge in [-0.2, -0.15) is 5.10 Å². The number of methoxy groups -OCH3 is 2. The molecule has 0 N–H and O–H groups in total. The van der Waals surface area contributed by atoms with Gasteiger partial charge in [0.15, 0.2) is 0 Å². The van der Waals surface area contributed by atoms with Gasteiger partial charge < -0.3 is 18.8 Å². The normalized spacial score (nSPS) is 13.4. The molecule has 8 heteroatoms. The Balaban J connectivity index is 1.55. The lowest BCUT2D eigenvalue weighted by atomic mass is 10.0. The van der Waals surface area contributed by atoms with Gasteiger partial charge in [-0.05, 0) is 47.9 Å². The zero-order valence-electron chi connectivity index (χ0n) is 20.6. The van der Waals surface area contributed by atoms with Crippen LogP contribution < -0.4 is 9.64 Å². The summed E-state index contributed by atoms with van der Waals surface area (Å²) in [6.45, 7) is 3.53. The third-order valence-corrected chi connectivity index (χ3v) is 6.18. The first-order chi connectivity index (χ1) is 17.5. The van der Waals surface area contributed by atoms with E-state index >= 15 is 0 Å². The number of benzene rings is 2. The van der Waals surface area contributed by atoms with Crippen LogP contribution in [0, 0.1) is 6.92 Å². The van der Waals surface area contributed by atoms with Gasteiger partial charge in [0.05, 0.1) is 51.3 Å². The molecule has 5 rings (SSSR count). The summed E-state index contributed by atoms with van der Waals surface area (Å²) in [7, 11) is 3.31. The van der Waals surface area contributed by atoms with Gasteiger partial charge in [-0.25, -0.2) is 4.98 Å². The van der Waals surface area contributed by atoms with Crippen LogP contribution in [-0.2, 0) is 22.6 Å². The van der Waals surface area contributed by atoms with Crippen molar-refractivity contribution >= 4 is 23.2 Å². The van der Waals surface area contributed by atoms with Crippen molar-refractivity contribution in [1.82, 2.24) is 14.8 Å². The van der Waals surface area contributed by atoms with Crippen LogP contribution in [0.25, 0.3) is 22.8 Å². The van der Waals surface area contributed by atoms with Gasteiger partial charge in [0, 0.05) is 24.4 Å². The number of anilines is 1. The van der Waals surface area contributed by atoms with Gasteiger partial charge in [-0.1, -0.05) is 24.3 Å². The first kappa shape index (κ1) is 23.6. The van der Waals surface area contributed by atoms with Gasteiger partial charge in [0.2, 0.25) is 11.8 Å². The first-order valence-electron chi connectivity index (χ1n) is 11.8. The molecule has 0 saturated heterocycles. The molecular weight excluding hydrogens is 456 g/mol. The van der Waals surface area contributed by atoms with E-state index in [2.05, 4.69) is 16.1 Å². The van der Waals surface area contributed by atoms with Crippen LogP contribution in [0.1, 0.15) is 29.2 Å². The summed E-state index contributed by atoms with van der Waals surface area (Å²) < 4.78 is 18.1. The number of fused-ring (bicyclic) bond motifs is 1. The highest BCUT2D eigenvalue weighted by Crippen LogP contribution is 2.36. The third-order valence-electron chi connectivity index (χ3n) is 6.18. The Morgan fingerprint density at radius 1 is 1.06 bits per heavy atom. The van der Waals surface area contributed by atoms with Gasteiger partial charge in [-0.3, -0.25) is 9.48 Å². The van der Waals surface area contributed by atoms with Gasteiger partial charge >= 0.3 is 0 Å². The Bertz CT molecular complexity index is 1400. The molecule has 0 aliphatic carbocycles. The van der Waals surface area contributed by atoms with Crippen molar-refractivity contribution in [3.8, 4) is 16.9 Å². The number of amides is 1. The number of aromatic nitrogens is 3. The maximum absolute atomic E-state index is 13.6. The summed E-state index contributed by atoms with van der Waals surface area (Å²) in [5, 5.41) is 4.44. The fraction of sp³-hybridized carbons (Fsp3) is 0.250. The predicted octanol–water partition coefficient (Wildman–Crippen LogP) is 4.98. The van der Waals surface area contributed by atoms with Crippen molar-refractivity contribution in [2.24, 2.45) is 0 Å². The second-order valence-electron chi connectivity index (χ2n) is 8.71. The maximum atomic E-state index is 13.6. The molecule has 0 saturated carbocycles. The number of aryl methyl sites for hydroxylation is 1. The Hall–Kier alpha value is -4.17. The third kappa shape index (κ3) is 4.94. The minimum absolute atomic E-state index is 0.0281. The van der Waals surface area contributed by atoms with Crippen LogP contribution in [0.5, 0.6) is 5.75 Å². The Morgan fingerprint density at radius 3 is 2.61 bits per heavy atom. The van der Waals surface area contributed by atoms with Crippen molar-refractivity contribution < 1.29 is 18.7 Å². The van der Waals surface area contributed by atoms with E-state index in [1.54, 1.807) is 20.4 Å². The van der Waals surface area contributed by atoms with Crippen molar-refractivity contribution in [2.75, 3.05) is 25.7 Å². The molecule has 8 nitrogen and oxygen atoms in total. The molecule has 3 heterocycles. The van der Waals surface area contributed by atoms with Crippen molar-refractivity contribution in [3.63, 3.8) is 0 Å². The second kappa shape index (κ2) is 10.2. The van der Waals surface area contributed by atoms with E-state index in [-0.39, 0.29) is 12.3 Å². The lowest BCUT2D eigenvalue weighted by molar-refractivity contribution is -0.117. The molecule has 0 atom stereocenters. The summed E-state index contributed by atoms with van der Waals surface area (Å²) in [5.41, 5.74) is 5.47. The quantitative estimate of drug-likeness (QED) is 0.351. The fourth-order valence-corrected chi connectivity index (χ4v) is 4.26. The average molecular weight is 485 g/mol. The predicted molar refractivity (Wildman–Crippen MR) is 137 cm³/mol. The summed E-state index contributed by atoms with van der Waals surface area (Å²) in [6.07, 6.45) is 7.68. The monoisotopic (exact) mass is 484 g/mol. The molecule has 1 aliphatic heterocycles. The van der Waals surface area contributed by atoms with Crippen molar-refractivity contribution in [2.45, 2.75) is 26.4 Å². The molecule has 2 aromatic carbocycles. The second-order valence-corrected chi connectivity index (χ2v) is 8.71. The van der Waals surface area contributed by atoms with Crippen molar-refractivity contribution in [1.29, 1.82) is 0 Å². The number of ether oxygens (including phenoxy) is 2. The van der Waals surface area contributed by atoms with E-state index in [0.29, 0.717) is 31.3 Å². The number of carbonyl (C=O) groups is 1. The van der Waals surface area contributed by atoms with Crippen LogP contribution in [0.3, 0.4) is 0 Å². The highest BCUT2D eigenvalue weighted by molar-refractivity contribution is 6.06. The molecule has 36 heavy (non-hydrogen) atoms. The van der Waals surface area contributed by atoms with E-state index in [0.717, 1.165) is 39.3 Å². The van der Waals surface area contributed by atoms with E-state index in [1.165, 1.54) is 0 Å². The van der Waals surface area contributed by atoms with Crippen LogP contribution in [0.2, 0.25) is 0 Å². The molecule has 0 bridgehead atoms. The van der Waals surface area contributed by atoms with Gasteiger partial charge in [0.25, 0.3) is 0 Å². The number of oxazole rings is 1. The largest absolute Gasteiger partial charge is 0.497 e.